The molecule has 6 rings (SSSR count). The van der Waals surface area contributed by atoms with E-state index in [-0.39, 0.29) is 11.8 Å². The molecule has 188 valence electrons. The van der Waals surface area contributed by atoms with Crippen LogP contribution in [0.4, 0.5) is 10.1 Å². The molecular formula is C28H23FN8O. The third-order valence-electron chi connectivity index (χ3n) is 6.15. The van der Waals surface area contributed by atoms with Gasteiger partial charge in [0.15, 0.2) is 5.82 Å². The molecule has 5 aromatic heterocycles. The summed E-state index contributed by atoms with van der Waals surface area (Å²) in [5.74, 6) is 0.0510. The maximum absolute atomic E-state index is 16.1. The van der Waals surface area contributed by atoms with Crippen LogP contribution in [0.25, 0.3) is 55.8 Å². The van der Waals surface area contributed by atoms with Crippen molar-refractivity contribution in [2.75, 3.05) is 5.32 Å². The molecule has 0 bridgehead atoms. The molecule has 10 heteroatoms. The molecule has 38 heavy (non-hydrogen) atoms. The number of imidazole rings is 1. The monoisotopic (exact) mass is 506 g/mol. The van der Waals surface area contributed by atoms with Gasteiger partial charge in [-0.05, 0) is 42.3 Å². The van der Waals surface area contributed by atoms with Crippen molar-refractivity contribution in [1.29, 1.82) is 0 Å². The first-order valence-electron chi connectivity index (χ1n) is 12.2. The van der Waals surface area contributed by atoms with E-state index in [1.54, 1.807) is 49.2 Å². The van der Waals surface area contributed by atoms with Crippen LogP contribution in [0.2, 0.25) is 0 Å². The first kappa shape index (κ1) is 23.4. The molecule has 1 amide bonds. The zero-order chi connectivity index (χ0) is 26.2. The second kappa shape index (κ2) is 9.47. The minimum atomic E-state index is -0.468. The molecule has 0 atom stereocenters. The predicted octanol–water partition coefficient (Wildman–Crippen LogP) is 5.75. The van der Waals surface area contributed by atoms with Crippen LogP contribution in [-0.4, -0.2) is 41.0 Å². The van der Waals surface area contributed by atoms with Crippen LogP contribution in [0.5, 0.6) is 0 Å². The molecular weight excluding hydrogens is 483 g/mol. The molecule has 0 aliphatic rings. The summed E-state index contributed by atoms with van der Waals surface area (Å²) in [4.78, 5) is 33.1. The van der Waals surface area contributed by atoms with E-state index in [0.29, 0.717) is 56.9 Å². The quantitative estimate of drug-likeness (QED) is 0.264. The van der Waals surface area contributed by atoms with Gasteiger partial charge in [-0.25, -0.2) is 9.37 Å². The number of amides is 1. The molecule has 5 heterocycles. The molecule has 0 saturated heterocycles. The van der Waals surface area contributed by atoms with E-state index >= 15 is 4.39 Å². The fourth-order valence-corrected chi connectivity index (χ4v) is 4.47. The second-order valence-corrected chi connectivity index (χ2v) is 9.41. The number of anilines is 1. The second-order valence-electron chi connectivity index (χ2n) is 9.41. The maximum atomic E-state index is 16.1. The van der Waals surface area contributed by atoms with Gasteiger partial charge in [0, 0.05) is 47.9 Å². The number of carbonyl (C=O) groups excluding carboxylic acids is 1. The molecule has 0 aliphatic carbocycles. The van der Waals surface area contributed by atoms with Crippen molar-refractivity contribution in [3.63, 3.8) is 0 Å². The smallest absolute Gasteiger partial charge is 0.224 e. The van der Waals surface area contributed by atoms with Crippen molar-refractivity contribution >= 4 is 33.5 Å². The SMILES string of the molecule is CC(C)CC(=O)Nc1cncc(-c2ccc3[nH]nc(-c4nc5c(-c6cccnc6)nccc5[nH]4)c3c2F)c1. The summed E-state index contributed by atoms with van der Waals surface area (Å²) in [6.45, 7) is 3.94. The first-order valence-corrected chi connectivity index (χ1v) is 12.2. The number of hydrogen-bond acceptors (Lipinski definition) is 6. The van der Waals surface area contributed by atoms with Gasteiger partial charge < -0.3 is 10.3 Å². The van der Waals surface area contributed by atoms with Crippen molar-refractivity contribution in [1.82, 2.24) is 35.1 Å². The molecule has 0 unspecified atom stereocenters. The summed E-state index contributed by atoms with van der Waals surface area (Å²) in [6.07, 6.45) is 8.60. The lowest BCUT2D eigenvalue weighted by molar-refractivity contribution is -0.116. The number of pyridine rings is 3. The number of nitrogens with zero attached hydrogens (tertiary/aromatic N) is 5. The summed E-state index contributed by atoms with van der Waals surface area (Å²) < 4.78 is 16.1. The van der Waals surface area contributed by atoms with Crippen molar-refractivity contribution in [2.24, 2.45) is 5.92 Å². The fourth-order valence-electron chi connectivity index (χ4n) is 4.47. The number of aromatic nitrogens is 7. The summed E-state index contributed by atoms with van der Waals surface area (Å²) in [5, 5.41) is 10.4. The van der Waals surface area contributed by atoms with Crippen LogP contribution in [0.15, 0.2) is 67.4 Å². The molecule has 0 aliphatic heterocycles. The van der Waals surface area contributed by atoms with E-state index in [1.807, 2.05) is 32.0 Å². The highest BCUT2D eigenvalue weighted by Crippen LogP contribution is 2.35. The Morgan fingerprint density at radius 1 is 1.00 bits per heavy atom. The number of aromatic amines is 2. The van der Waals surface area contributed by atoms with E-state index in [4.69, 9.17) is 4.98 Å². The van der Waals surface area contributed by atoms with E-state index in [2.05, 4.69) is 35.5 Å². The van der Waals surface area contributed by atoms with Gasteiger partial charge in [-0.15, -0.1) is 0 Å². The average Bonchev–Trinajstić information content (AvgIpc) is 3.54. The zero-order valence-electron chi connectivity index (χ0n) is 20.7. The standard InChI is InChI=1S/C28H23FN8O/c1-15(2)10-22(38)33-18-11-17(13-31-14-18)19-5-6-20-23(24(19)29)27(37-36-20)28-34-21-7-9-32-25(26(21)35-28)16-4-3-8-30-12-16/h3-9,11-15H,10H2,1-2H3,(H,33,38)(H,34,35)(H,36,37). The third-order valence-corrected chi connectivity index (χ3v) is 6.15. The lowest BCUT2D eigenvalue weighted by Crippen LogP contribution is -2.14. The van der Waals surface area contributed by atoms with Crippen LogP contribution >= 0.6 is 0 Å². The van der Waals surface area contributed by atoms with Gasteiger partial charge in [-0.3, -0.25) is 24.8 Å². The number of H-pyrrole nitrogens is 2. The molecule has 3 N–H and O–H groups in total. The third kappa shape index (κ3) is 4.26. The van der Waals surface area contributed by atoms with Gasteiger partial charge in [-0.2, -0.15) is 5.10 Å². The van der Waals surface area contributed by atoms with Crippen molar-refractivity contribution < 1.29 is 9.18 Å². The zero-order valence-corrected chi connectivity index (χ0v) is 20.7. The van der Waals surface area contributed by atoms with Gasteiger partial charge in [0.25, 0.3) is 0 Å². The predicted molar refractivity (Wildman–Crippen MR) is 143 cm³/mol. The van der Waals surface area contributed by atoms with E-state index < -0.39 is 5.82 Å². The number of benzene rings is 1. The molecule has 0 saturated carbocycles. The van der Waals surface area contributed by atoms with Crippen molar-refractivity contribution in [2.45, 2.75) is 20.3 Å². The molecule has 0 spiro atoms. The van der Waals surface area contributed by atoms with Gasteiger partial charge in [0.2, 0.25) is 5.91 Å². The first-order chi connectivity index (χ1) is 18.5. The Morgan fingerprint density at radius 2 is 1.87 bits per heavy atom. The highest BCUT2D eigenvalue weighted by atomic mass is 19.1. The number of carbonyl (C=O) groups is 1. The molecule has 0 radical (unpaired) electrons. The Hall–Kier alpha value is -4.99. The number of halogens is 1. The van der Waals surface area contributed by atoms with Gasteiger partial charge in [-0.1, -0.05) is 13.8 Å². The molecule has 0 fully saturated rings. The topological polar surface area (TPSA) is 125 Å². The van der Waals surface area contributed by atoms with Crippen LogP contribution in [0.1, 0.15) is 20.3 Å². The van der Waals surface area contributed by atoms with E-state index in [1.165, 1.54) is 0 Å². The Balaban J connectivity index is 1.42. The summed E-state index contributed by atoms with van der Waals surface area (Å²) in [6, 6.07) is 10.7. The summed E-state index contributed by atoms with van der Waals surface area (Å²) in [5.41, 5.74) is 5.13. The lowest BCUT2D eigenvalue weighted by Gasteiger charge is -2.09. The highest BCUT2D eigenvalue weighted by molar-refractivity contribution is 5.98. The number of rotatable bonds is 6. The molecule has 1 aromatic carbocycles. The Labute approximate surface area is 216 Å². The van der Waals surface area contributed by atoms with Crippen LogP contribution in [0.3, 0.4) is 0 Å². The summed E-state index contributed by atoms with van der Waals surface area (Å²) >= 11 is 0. The number of fused-ring (bicyclic) bond motifs is 2. The minimum absolute atomic E-state index is 0.114. The number of hydrogen-bond donors (Lipinski definition) is 3. The number of nitrogens with one attached hydrogen (secondary N) is 3. The summed E-state index contributed by atoms with van der Waals surface area (Å²) in [7, 11) is 0. The van der Waals surface area contributed by atoms with Crippen molar-refractivity contribution in [3.05, 3.63) is 73.2 Å². The normalized spacial score (nSPS) is 11.5. The fraction of sp³-hybridized carbons (Fsp3) is 0.143. The molecule has 9 nitrogen and oxygen atoms in total. The lowest BCUT2D eigenvalue weighted by atomic mass is 10.0. The van der Waals surface area contributed by atoms with Gasteiger partial charge in [0.05, 0.1) is 34.0 Å². The van der Waals surface area contributed by atoms with Crippen molar-refractivity contribution in [3.8, 4) is 33.9 Å². The Kier molecular flexibility index (Phi) is 5.83. The van der Waals surface area contributed by atoms with Crippen LogP contribution in [0, 0.1) is 11.7 Å². The van der Waals surface area contributed by atoms with Crippen LogP contribution in [-0.2, 0) is 4.79 Å². The van der Waals surface area contributed by atoms with E-state index in [9.17, 15) is 4.79 Å². The van der Waals surface area contributed by atoms with Gasteiger partial charge in [0.1, 0.15) is 17.0 Å². The highest BCUT2D eigenvalue weighted by Gasteiger charge is 2.21. The van der Waals surface area contributed by atoms with E-state index in [0.717, 1.165) is 11.1 Å². The molecule has 6 aromatic rings. The minimum Gasteiger partial charge on any atom is -0.336 e. The maximum Gasteiger partial charge on any atom is 0.224 e. The van der Waals surface area contributed by atoms with Gasteiger partial charge >= 0.3 is 0 Å². The Morgan fingerprint density at radius 3 is 2.68 bits per heavy atom. The Bertz CT molecular complexity index is 1790. The average molecular weight is 507 g/mol. The largest absolute Gasteiger partial charge is 0.336 e. The van der Waals surface area contributed by atoms with Crippen LogP contribution < -0.4 is 5.32 Å².